The maximum Gasteiger partial charge on any atom is 0.418 e. The lowest BCUT2D eigenvalue weighted by atomic mass is 10.1. The summed E-state index contributed by atoms with van der Waals surface area (Å²) in [5, 5.41) is 2.91. The number of nitrogens with zero attached hydrogens (tertiary/aromatic N) is 1. The molecule has 1 N–H and O–H groups in total. The summed E-state index contributed by atoms with van der Waals surface area (Å²) in [5.74, 6) is 0. The van der Waals surface area contributed by atoms with Crippen LogP contribution in [0, 0.1) is 0 Å². The first-order chi connectivity index (χ1) is 9.47. The van der Waals surface area contributed by atoms with Crippen LogP contribution in [0.15, 0.2) is 18.2 Å². The molecule has 0 radical (unpaired) electrons. The van der Waals surface area contributed by atoms with E-state index in [1.807, 2.05) is 0 Å². The number of anilines is 1. The second-order valence-electron chi connectivity index (χ2n) is 4.57. The van der Waals surface area contributed by atoms with Crippen molar-refractivity contribution < 1.29 is 17.9 Å². The fraction of sp³-hybridized carbons (Fsp3) is 0.538. The molecule has 0 aliphatic carbocycles. The fourth-order valence-electron chi connectivity index (χ4n) is 2.08. The van der Waals surface area contributed by atoms with Crippen molar-refractivity contribution in [2.45, 2.75) is 6.18 Å². The molecule has 112 valence electrons. The number of ether oxygens (including phenoxy) is 1. The first-order valence-corrected chi connectivity index (χ1v) is 6.75. The van der Waals surface area contributed by atoms with Crippen molar-refractivity contribution in [3.05, 3.63) is 28.8 Å². The zero-order valence-electron chi connectivity index (χ0n) is 10.8. The van der Waals surface area contributed by atoms with E-state index in [2.05, 4.69) is 10.2 Å². The van der Waals surface area contributed by atoms with E-state index in [1.165, 1.54) is 12.1 Å². The molecule has 0 bridgehead atoms. The normalized spacial score (nSPS) is 17.2. The molecule has 1 aliphatic rings. The van der Waals surface area contributed by atoms with Gasteiger partial charge in [-0.3, -0.25) is 4.90 Å². The minimum atomic E-state index is -4.41. The highest BCUT2D eigenvalue weighted by atomic mass is 35.5. The summed E-state index contributed by atoms with van der Waals surface area (Å²) in [4.78, 5) is 2.15. The predicted octanol–water partition coefficient (Wildman–Crippen LogP) is 3.10. The zero-order valence-corrected chi connectivity index (χ0v) is 11.6. The molecule has 0 amide bonds. The van der Waals surface area contributed by atoms with Gasteiger partial charge in [-0.05, 0) is 18.2 Å². The molecule has 0 atom stereocenters. The molecule has 0 aromatic heterocycles. The second kappa shape index (κ2) is 6.65. The van der Waals surface area contributed by atoms with Gasteiger partial charge in [0.25, 0.3) is 0 Å². The van der Waals surface area contributed by atoms with Crippen LogP contribution >= 0.6 is 11.6 Å². The number of nitrogens with one attached hydrogen (secondary N) is 1. The van der Waals surface area contributed by atoms with Crippen molar-refractivity contribution in [2.75, 3.05) is 44.7 Å². The van der Waals surface area contributed by atoms with Gasteiger partial charge in [0.15, 0.2) is 0 Å². The molecule has 1 heterocycles. The van der Waals surface area contributed by atoms with Crippen LogP contribution in [0.2, 0.25) is 5.02 Å². The van der Waals surface area contributed by atoms with Crippen LogP contribution in [0.25, 0.3) is 0 Å². The van der Waals surface area contributed by atoms with E-state index in [0.717, 1.165) is 19.2 Å². The van der Waals surface area contributed by atoms with Crippen molar-refractivity contribution in [1.82, 2.24) is 4.90 Å². The second-order valence-corrected chi connectivity index (χ2v) is 5.00. The van der Waals surface area contributed by atoms with Gasteiger partial charge in [0, 0.05) is 36.9 Å². The summed E-state index contributed by atoms with van der Waals surface area (Å²) < 4.78 is 43.9. The molecule has 20 heavy (non-hydrogen) atoms. The fourth-order valence-corrected chi connectivity index (χ4v) is 2.25. The molecule has 3 nitrogen and oxygen atoms in total. The number of hydrogen-bond acceptors (Lipinski definition) is 3. The Balaban J connectivity index is 1.95. The number of morpholine rings is 1. The first-order valence-electron chi connectivity index (χ1n) is 6.37. The molecule has 2 rings (SSSR count). The first kappa shape index (κ1) is 15.4. The molecule has 0 spiro atoms. The quantitative estimate of drug-likeness (QED) is 0.925. The van der Waals surface area contributed by atoms with Crippen LogP contribution in [-0.4, -0.2) is 44.3 Å². The molecule has 1 aromatic rings. The Morgan fingerprint density at radius 1 is 1.25 bits per heavy atom. The Kier molecular flexibility index (Phi) is 5.12. The zero-order chi connectivity index (χ0) is 14.6. The van der Waals surface area contributed by atoms with Crippen molar-refractivity contribution in [3.63, 3.8) is 0 Å². The minimum absolute atomic E-state index is 0.0650. The lowest BCUT2D eigenvalue weighted by Gasteiger charge is -2.27. The van der Waals surface area contributed by atoms with E-state index in [1.54, 1.807) is 0 Å². The summed E-state index contributed by atoms with van der Waals surface area (Å²) >= 11 is 5.63. The predicted molar refractivity (Wildman–Crippen MR) is 72.2 cm³/mol. The van der Waals surface area contributed by atoms with E-state index >= 15 is 0 Å². The molecular weight excluding hydrogens is 293 g/mol. The Labute approximate surface area is 120 Å². The largest absolute Gasteiger partial charge is 0.418 e. The lowest BCUT2D eigenvalue weighted by Crippen LogP contribution is -2.39. The van der Waals surface area contributed by atoms with E-state index in [0.29, 0.717) is 26.3 Å². The third-order valence-electron chi connectivity index (χ3n) is 3.13. The third kappa shape index (κ3) is 4.26. The van der Waals surface area contributed by atoms with Gasteiger partial charge >= 0.3 is 6.18 Å². The Morgan fingerprint density at radius 2 is 1.95 bits per heavy atom. The highest BCUT2D eigenvalue weighted by Crippen LogP contribution is 2.36. The standard InChI is InChI=1S/C13H16ClF3N2O/c14-10-1-2-12(11(9-10)13(15,16)17)18-3-4-19-5-7-20-8-6-19/h1-2,9,18H,3-8H2. The number of rotatable bonds is 4. The van der Waals surface area contributed by atoms with Crippen LogP contribution in [0.1, 0.15) is 5.56 Å². The topological polar surface area (TPSA) is 24.5 Å². The number of benzene rings is 1. The monoisotopic (exact) mass is 308 g/mol. The van der Waals surface area contributed by atoms with Gasteiger partial charge in [-0.15, -0.1) is 0 Å². The Hall–Kier alpha value is -0.980. The summed E-state index contributed by atoms with van der Waals surface area (Å²) in [6.07, 6.45) is -4.41. The highest BCUT2D eigenvalue weighted by molar-refractivity contribution is 6.30. The molecule has 7 heteroatoms. The molecule has 0 saturated carbocycles. The molecule has 1 saturated heterocycles. The smallest absolute Gasteiger partial charge is 0.383 e. The van der Waals surface area contributed by atoms with Crippen LogP contribution in [0.4, 0.5) is 18.9 Å². The highest BCUT2D eigenvalue weighted by Gasteiger charge is 2.33. The van der Waals surface area contributed by atoms with E-state index in [4.69, 9.17) is 16.3 Å². The van der Waals surface area contributed by atoms with Crippen molar-refractivity contribution in [1.29, 1.82) is 0 Å². The Bertz CT molecular complexity index is 448. The minimum Gasteiger partial charge on any atom is -0.383 e. The van der Waals surface area contributed by atoms with Crippen LogP contribution in [-0.2, 0) is 10.9 Å². The van der Waals surface area contributed by atoms with E-state index < -0.39 is 11.7 Å². The third-order valence-corrected chi connectivity index (χ3v) is 3.37. The van der Waals surface area contributed by atoms with Crippen molar-refractivity contribution in [2.24, 2.45) is 0 Å². The molecule has 1 aromatic carbocycles. The van der Waals surface area contributed by atoms with Crippen LogP contribution in [0.5, 0.6) is 0 Å². The SMILES string of the molecule is FC(F)(F)c1cc(Cl)ccc1NCCN1CCOCC1. The van der Waals surface area contributed by atoms with Crippen LogP contribution in [0.3, 0.4) is 0 Å². The molecular formula is C13H16ClF3N2O. The summed E-state index contributed by atoms with van der Waals surface area (Å²) in [5.41, 5.74) is -0.665. The number of hydrogen-bond donors (Lipinski definition) is 1. The van der Waals surface area contributed by atoms with Crippen LogP contribution < -0.4 is 5.32 Å². The lowest BCUT2D eigenvalue weighted by molar-refractivity contribution is -0.136. The van der Waals surface area contributed by atoms with Gasteiger partial charge in [0.2, 0.25) is 0 Å². The maximum atomic E-state index is 12.9. The van der Waals surface area contributed by atoms with Gasteiger partial charge in [-0.25, -0.2) is 0 Å². The van der Waals surface area contributed by atoms with Crippen molar-refractivity contribution in [3.8, 4) is 0 Å². The van der Waals surface area contributed by atoms with E-state index in [9.17, 15) is 13.2 Å². The maximum absolute atomic E-state index is 12.9. The number of alkyl halides is 3. The van der Waals surface area contributed by atoms with Gasteiger partial charge in [0.05, 0.1) is 18.8 Å². The summed E-state index contributed by atoms with van der Waals surface area (Å²) in [6, 6.07) is 3.76. The average molecular weight is 309 g/mol. The van der Waals surface area contributed by atoms with E-state index in [-0.39, 0.29) is 10.7 Å². The van der Waals surface area contributed by atoms with Gasteiger partial charge in [-0.1, -0.05) is 11.6 Å². The van der Waals surface area contributed by atoms with Gasteiger partial charge < -0.3 is 10.1 Å². The van der Waals surface area contributed by atoms with Crippen molar-refractivity contribution >= 4 is 17.3 Å². The average Bonchev–Trinajstić information content (AvgIpc) is 2.40. The Morgan fingerprint density at radius 3 is 2.60 bits per heavy atom. The molecule has 1 aliphatic heterocycles. The summed E-state index contributed by atoms with van der Waals surface area (Å²) in [6.45, 7) is 4.11. The van der Waals surface area contributed by atoms with Gasteiger partial charge in [-0.2, -0.15) is 13.2 Å². The molecule has 1 fully saturated rings. The van der Waals surface area contributed by atoms with Gasteiger partial charge in [0.1, 0.15) is 0 Å². The molecule has 0 unspecified atom stereocenters. The summed E-state index contributed by atoms with van der Waals surface area (Å²) in [7, 11) is 0. The number of halogens is 4.